The van der Waals surface area contributed by atoms with Gasteiger partial charge < -0.3 is 28.8 Å². The molecule has 0 aliphatic carbocycles. The van der Waals surface area contributed by atoms with Crippen LogP contribution in [0.3, 0.4) is 0 Å². The molecule has 8 nitrogen and oxygen atoms in total. The Labute approximate surface area is 484 Å². The number of aliphatic hydroxyl groups excluding tert-OH is 1. The minimum absolute atomic E-state index is 0.00953. The van der Waals surface area contributed by atoms with Gasteiger partial charge in [-0.25, -0.2) is 0 Å². The molecule has 0 fully saturated rings. The maximum absolute atomic E-state index is 13.0. The van der Waals surface area contributed by atoms with Crippen molar-refractivity contribution in [2.45, 2.75) is 321 Å². The molecule has 0 rings (SSSR count). The maximum atomic E-state index is 13.0. The van der Waals surface area contributed by atoms with Gasteiger partial charge in [-0.2, -0.15) is 0 Å². The molecule has 78 heavy (non-hydrogen) atoms. The van der Waals surface area contributed by atoms with Gasteiger partial charge in [-0.05, 0) is 83.5 Å². The molecule has 0 radical (unpaired) electrons. The number of likely N-dealkylation sites (N-methyl/N-ethyl adjacent to an activating group) is 1. The number of quaternary nitrogens is 1. The van der Waals surface area contributed by atoms with Crippen molar-refractivity contribution in [1.82, 2.24) is 5.32 Å². The summed E-state index contributed by atoms with van der Waals surface area (Å²) in [6.07, 6.45) is 83.1. The lowest BCUT2D eigenvalue weighted by Crippen LogP contribution is -2.45. The molecule has 3 unspecified atom stereocenters. The molecule has 0 aromatic carbocycles. The van der Waals surface area contributed by atoms with Gasteiger partial charge in [-0.15, -0.1) is 0 Å². The zero-order chi connectivity index (χ0) is 57.0. The molecule has 2 N–H and O–H groups in total. The van der Waals surface area contributed by atoms with Crippen molar-refractivity contribution in [3.63, 3.8) is 0 Å². The van der Waals surface area contributed by atoms with Gasteiger partial charge in [0.15, 0.2) is 0 Å². The Kier molecular flexibility index (Phi) is 58.0. The first-order chi connectivity index (χ1) is 38.0. The lowest BCUT2D eigenvalue weighted by atomic mass is 10.0. The number of aliphatic hydroxyl groups is 1. The largest absolute Gasteiger partial charge is 0.756 e. The Morgan fingerprint density at radius 1 is 0.449 bits per heavy atom. The van der Waals surface area contributed by atoms with E-state index < -0.39 is 26.6 Å². The van der Waals surface area contributed by atoms with Crippen molar-refractivity contribution in [1.29, 1.82) is 0 Å². The summed E-state index contributed by atoms with van der Waals surface area (Å²) in [6, 6.07) is -0.912. The SMILES string of the molecule is CCCCCCC/C=C\C/C=C\C/C=C\CCCCCCCCCCCCCCCCCCCCCCCCC(=O)NC(COP(=O)([O-])OCC[N+](C)(C)C)C(O)/C=C/CC/C=C/CC/C=C/CCCCCCCCCCC. The lowest BCUT2D eigenvalue weighted by molar-refractivity contribution is -0.870. The molecule has 0 saturated heterocycles. The average Bonchev–Trinajstić information content (AvgIpc) is 3.41. The van der Waals surface area contributed by atoms with Gasteiger partial charge in [-0.1, -0.05) is 292 Å². The van der Waals surface area contributed by atoms with Gasteiger partial charge in [0.1, 0.15) is 13.2 Å². The number of hydrogen-bond donors (Lipinski definition) is 2. The monoisotopic (exact) mass is 1110 g/mol. The molecule has 0 bridgehead atoms. The van der Waals surface area contributed by atoms with E-state index in [2.05, 4.69) is 79.9 Å². The number of phosphoric ester groups is 1. The number of rotatable bonds is 61. The number of carbonyl (C=O) groups excluding carboxylic acids is 1. The minimum Gasteiger partial charge on any atom is -0.756 e. The molecule has 0 saturated carbocycles. The molecule has 0 aliphatic heterocycles. The van der Waals surface area contributed by atoms with Crippen molar-refractivity contribution < 1.29 is 32.9 Å². The van der Waals surface area contributed by atoms with Crippen LogP contribution in [0.5, 0.6) is 0 Å². The van der Waals surface area contributed by atoms with Crippen LogP contribution in [0.1, 0.15) is 309 Å². The van der Waals surface area contributed by atoms with Crippen molar-refractivity contribution >= 4 is 13.7 Å². The van der Waals surface area contributed by atoms with Crippen LogP contribution in [-0.2, 0) is 18.4 Å². The van der Waals surface area contributed by atoms with E-state index in [9.17, 15) is 19.4 Å². The van der Waals surface area contributed by atoms with Gasteiger partial charge >= 0.3 is 0 Å². The topological polar surface area (TPSA) is 108 Å². The fourth-order valence-electron chi connectivity index (χ4n) is 9.67. The van der Waals surface area contributed by atoms with E-state index >= 15 is 0 Å². The highest BCUT2D eigenvalue weighted by atomic mass is 31.2. The number of nitrogens with one attached hydrogen (secondary N) is 1. The molecule has 3 atom stereocenters. The van der Waals surface area contributed by atoms with Crippen LogP contribution in [0, 0.1) is 0 Å². The van der Waals surface area contributed by atoms with Crippen molar-refractivity contribution in [3.05, 3.63) is 72.9 Å². The third kappa shape index (κ3) is 61.6. The van der Waals surface area contributed by atoms with Crippen LogP contribution in [0.2, 0.25) is 0 Å². The van der Waals surface area contributed by atoms with Gasteiger partial charge in [0.2, 0.25) is 5.91 Å². The second-order valence-electron chi connectivity index (χ2n) is 23.8. The van der Waals surface area contributed by atoms with Crippen molar-refractivity contribution in [3.8, 4) is 0 Å². The molecule has 0 heterocycles. The second kappa shape index (κ2) is 59.6. The quantitative estimate of drug-likeness (QED) is 0.0272. The van der Waals surface area contributed by atoms with E-state index in [1.54, 1.807) is 6.08 Å². The Bertz CT molecular complexity index is 1500. The number of phosphoric acid groups is 1. The molecule has 0 aliphatic rings. The van der Waals surface area contributed by atoms with E-state index in [0.717, 1.165) is 57.8 Å². The lowest BCUT2D eigenvalue weighted by Gasteiger charge is -2.29. The predicted octanol–water partition coefficient (Wildman–Crippen LogP) is 20.4. The fourth-order valence-corrected chi connectivity index (χ4v) is 10.4. The fraction of sp³-hybridized carbons (Fsp3) is 0.812. The predicted molar refractivity (Wildman–Crippen MR) is 339 cm³/mol. The summed E-state index contributed by atoms with van der Waals surface area (Å²) in [5, 5.41) is 13.9. The Morgan fingerprint density at radius 2 is 0.756 bits per heavy atom. The number of unbranched alkanes of at least 4 members (excludes halogenated alkanes) is 38. The van der Waals surface area contributed by atoms with Crippen LogP contribution < -0.4 is 10.2 Å². The van der Waals surface area contributed by atoms with Crippen LogP contribution in [0.4, 0.5) is 0 Å². The summed E-state index contributed by atoms with van der Waals surface area (Å²) in [5.74, 6) is -0.208. The molecule has 456 valence electrons. The first kappa shape index (κ1) is 75.9. The van der Waals surface area contributed by atoms with Crippen LogP contribution in [0.25, 0.3) is 0 Å². The third-order valence-electron chi connectivity index (χ3n) is 14.9. The van der Waals surface area contributed by atoms with Crippen LogP contribution in [-0.4, -0.2) is 68.5 Å². The van der Waals surface area contributed by atoms with Crippen molar-refractivity contribution in [2.75, 3.05) is 40.9 Å². The summed E-state index contributed by atoms with van der Waals surface area (Å²) in [4.78, 5) is 25.6. The van der Waals surface area contributed by atoms with Crippen LogP contribution in [0.15, 0.2) is 72.9 Å². The molecule has 0 spiro atoms. The number of carbonyl (C=O) groups is 1. The maximum Gasteiger partial charge on any atom is 0.268 e. The van der Waals surface area contributed by atoms with Gasteiger partial charge in [0.05, 0.1) is 39.9 Å². The molecular weight excluding hydrogens is 984 g/mol. The number of amides is 1. The average molecular weight is 1110 g/mol. The number of nitrogens with zero attached hydrogens (tertiary/aromatic N) is 1. The second-order valence-corrected chi connectivity index (χ2v) is 25.2. The van der Waals surface area contributed by atoms with E-state index in [1.165, 1.54) is 231 Å². The molecule has 1 amide bonds. The van der Waals surface area contributed by atoms with E-state index in [-0.39, 0.29) is 12.5 Å². The zero-order valence-electron chi connectivity index (χ0n) is 52.1. The minimum atomic E-state index is -4.61. The highest BCUT2D eigenvalue weighted by Gasteiger charge is 2.23. The normalized spacial score (nSPS) is 14.2. The summed E-state index contributed by atoms with van der Waals surface area (Å²) < 4.78 is 23.4. The van der Waals surface area contributed by atoms with Gasteiger partial charge in [0, 0.05) is 6.42 Å². The highest BCUT2D eigenvalue weighted by molar-refractivity contribution is 7.45. The standard InChI is InChI=1S/C69H129N2O6P/c1-6-8-10-12-14-16-18-20-22-24-26-27-28-29-30-31-32-33-34-35-36-37-38-39-40-41-42-43-45-47-49-51-53-55-57-59-61-63-69(73)70-67(66-77-78(74,75)76-65-64-71(3,4)5)68(72)62-60-58-56-54-52-50-48-46-44-25-23-21-19-17-15-13-11-9-7-2/h18,20,24,26,28-29,44,46,52,54,60,62,67-68,72H,6-17,19,21-23,25,27,30-43,45,47-51,53,55-59,61,63-66H2,1-5H3,(H-,70,73,74,75)/b20-18-,26-24-,29-28-,46-44+,54-52+,62-60+. The highest BCUT2D eigenvalue weighted by Crippen LogP contribution is 2.38. The summed E-state index contributed by atoms with van der Waals surface area (Å²) in [7, 11) is 1.24. The van der Waals surface area contributed by atoms with Crippen LogP contribution >= 0.6 is 7.82 Å². The summed E-state index contributed by atoms with van der Waals surface area (Å²) >= 11 is 0. The Morgan fingerprint density at radius 3 is 1.13 bits per heavy atom. The summed E-state index contributed by atoms with van der Waals surface area (Å²) in [5.41, 5.74) is 0. The molecular formula is C69H129N2O6P. The molecule has 0 aromatic rings. The van der Waals surface area contributed by atoms with Crippen molar-refractivity contribution in [2.24, 2.45) is 0 Å². The van der Waals surface area contributed by atoms with E-state index in [4.69, 9.17) is 9.05 Å². The zero-order valence-corrected chi connectivity index (χ0v) is 53.0. The molecule has 0 aromatic heterocycles. The smallest absolute Gasteiger partial charge is 0.268 e. The summed E-state index contributed by atoms with van der Waals surface area (Å²) in [6.45, 7) is 4.63. The first-order valence-electron chi connectivity index (χ1n) is 33.3. The van der Waals surface area contributed by atoms with E-state index in [0.29, 0.717) is 17.4 Å². The van der Waals surface area contributed by atoms with Gasteiger partial charge in [0.25, 0.3) is 7.82 Å². The first-order valence-corrected chi connectivity index (χ1v) is 34.8. The number of hydrogen-bond acceptors (Lipinski definition) is 6. The third-order valence-corrected chi connectivity index (χ3v) is 15.8. The Hall–Kier alpha value is -2.06. The number of allylic oxidation sites excluding steroid dienone is 11. The van der Waals surface area contributed by atoms with Gasteiger partial charge in [-0.3, -0.25) is 9.36 Å². The van der Waals surface area contributed by atoms with E-state index in [1.807, 2.05) is 27.2 Å². The molecule has 9 heteroatoms. The Balaban J connectivity index is 4.03.